The van der Waals surface area contributed by atoms with Gasteiger partial charge in [-0.1, -0.05) is 18.9 Å². The molecule has 1 aliphatic carbocycles. The Labute approximate surface area is 129 Å². The molecule has 2 rings (SSSR count). The Balaban J connectivity index is 2.08. The summed E-state index contributed by atoms with van der Waals surface area (Å²) >= 11 is 0. The molecule has 0 aromatic heterocycles. The second-order valence-corrected chi connectivity index (χ2v) is 9.14. The summed E-state index contributed by atoms with van der Waals surface area (Å²) in [6.45, 7) is 0. The summed E-state index contributed by atoms with van der Waals surface area (Å²) in [6.07, 6.45) is 6.02. The van der Waals surface area contributed by atoms with Gasteiger partial charge in [0, 0.05) is 28.6 Å². The van der Waals surface area contributed by atoms with Crippen molar-refractivity contribution >= 4 is 20.6 Å². The molecule has 0 aliphatic heterocycles. The molecule has 1 aliphatic rings. The van der Waals surface area contributed by atoms with Crippen LogP contribution in [0.1, 0.15) is 31.2 Å². The van der Waals surface area contributed by atoms with Crippen LogP contribution >= 0.6 is 0 Å². The van der Waals surface area contributed by atoms with E-state index < -0.39 is 20.6 Å². The molecule has 6 heteroatoms. The average molecular weight is 330 g/mol. The van der Waals surface area contributed by atoms with Crippen LogP contribution in [0.5, 0.6) is 5.75 Å². The van der Waals surface area contributed by atoms with Crippen molar-refractivity contribution in [2.75, 3.05) is 19.1 Å². The first-order chi connectivity index (χ1) is 9.90. The van der Waals surface area contributed by atoms with Gasteiger partial charge in [-0.05, 0) is 36.5 Å². The van der Waals surface area contributed by atoms with E-state index in [9.17, 15) is 12.6 Å². The number of benzene rings is 1. The molecule has 1 atom stereocenters. The lowest BCUT2D eigenvalue weighted by molar-refractivity contribution is 0.402. The Morgan fingerprint density at radius 1 is 1.29 bits per heavy atom. The summed E-state index contributed by atoms with van der Waals surface area (Å²) in [5.74, 6) is 2.11. The molecule has 0 spiro atoms. The smallest absolute Gasteiger partial charge is 0.179 e. The largest absolute Gasteiger partial charge is 0.495 e. The second-order valence-electron chi connectivity index (χ2n) is 5.66. The summed E-state index contributed by atoms with van der Waals surface area (Å²) in [4.78, 5) is 0.176. The van der Waals surface area contributed by atoms with Gasteiger partial charge < -0.3 is 4.74 Å². The van der Waals surface area contributed by atoms with Crippen LogP contribution in [0, 0.1) is 5.92 Å². The number of sulfone groups is 1. The van der Waals surface area contributed by atoms with Gasteiger partial charge in [0.2, 0.25) is 0 Å². The lowest BCUT2D eigenvalue weighted by Crippen LogP contribution is -2.10. The highest BCUT2D eigenvalue weighted by molar-refractivity contribution is 7.90. The van der Waals surface area contributed by atoms with E-state index in [1.165, 1.54) is 38.9 Å². The summed E-state index contributed by atoms with van der Waals surface area (Å²) < 4.78 is 40.6. The number of hydrogen-bond acceptors (Lipinski definition) is 4. The minimum Gasteiger partial charge on any atom is -0.495 e. The normalized spacial score (nSPS) is 17.8. The third-order valence-electron chi connectivity index (χ3n) is 3.85. The molecule has 118 valence electrons. The second kappa shape index (κ2) is 6.92. The molecule has 1 aromatic carbocycles. The Morgan fingerprint density at radius 2 is 1.95 bits per heavy atom. The van der Waals surface area contributed by atoms with Crippen molar-refractivity contribution in [1.29, 1.82) is 0 Å². The molecular formula is C15H22O4S2. The zero-order valence-electron chi connectivity index (χ0n) is 12.5. The van der Waals surface area contributed by atoms with Crippen molar-refractivity contribution < 1.29 is 17.4 Å². The predicted octanol–water partition coefficient (Wildman–Crippen LogP) is 2.54. The minimum absolute atomic E-state index is 0.176. The summed E-state index contributed by atoms with van der Waals surface area (Å²) in [6, 6.07) is 4.95. The zero-order valence-corrected chi connectivity index (χ0v) is 14.1. The van der Waals surface area contributed by atoms with Crippen molar-refractivity contribution in [3.63, 3.8) is 0 Å². The van der Waals surface area contributed by atoms with E-state index >= 15 is 0 Å². The molecule has 0 bridgehead atoms. The van der Waals surface area contributed by atoms with Crippen LogP contribution in [0.2, 0.25) is 0 Å². The number of methoxy groups -OCH3 is 1. The van der Waals surface area contributed by atoms with Crippen molar-refractivity contribution in [3.05, 3.63) is 23.8 Å². The SMILES string of the molecule is COc1cc(CS(=O)CC2CCCC2)ccc1S(C)(=O)=O. The van der Waals surface area contributed by atoms with Gasteiger partial charge in [0.05, 0.1) is 7.11 Å². The highest BCUT2D eigenvalue weighted by Crippen LogP contribution is 2.28. The third kappa shape index (κ3) is 4.54. The quantitative estimate of drug-likeness (QED) is 0.804. The number of hydrogen-bond donors (Lipinski definition) is 0. The van der Waals surface area contributed by atoms with Gasteiger partial charge in [0.25, 0.3) is 0 Å². The van der Waals surface area contributed by atoms with E-state index in [-0.39, 0.29) is 4.90 Å². The summed E-state index contributed by atoms with van der Waals surface area (Å²) in [7, 11) is -2.77. The van der Waals surface area contributed by atoms with Gasteiger partial charge in [-0.3, -0.25) is 4.21 Å². The lowest BCUT2D eigenvalue weighted by Gasteiger charge is -2.11. The number of ether oxygens (including phenoxy) is 1. The van der Waals surface area contributed by atoms with Gasteiger partial charge in [0.15, 0.2) is 9.84 Å². The van der Waals surface area contributed by atoms with Crippen LogP contribution in [0.4, 0.5) is 0 Å². The highest BCUT2D eigenvalue weighted by Gasteiger charge is 2.19. The molecule has 1 aromatic rings. The molecule has 1 fully saturated rings. The maximum Gasteiger partial charge on any atom is 0.179 e. The van der Waals surface area contributed by atoms with Gasteiger partial charge >= 0.3 is 0 Å². The Kier molecular flexibility index (Phi) is 5.43. The fourth-order valence-electron chi connectivity index (χ4n) is 2.79. The van der Waals surface area contributed by atoms with E-state index in [0.29, 0.717) is 17.4 Å². The van der Waals surface area contributed by atoms with E-state index in [0.717, 1.165) is 17.6 Å². The molecule has 0 amide bonds. The van der Waals surface area contributed by atoms with Crippen molar-refractivity contribution in [2.24, 2.45) is 5.92 Å². The van der Waals surface area contributed by atoms with Crippen molar-refractivity contribution in [3.8, 4) is 5.75 Å². The van der Waals surface area contributed by atoms with Crippen LogP contribution in [0.15, 0.2) is 23.1 Å². The third-order valence-corrected chi connectivity index (χ3v) is 6.49. The van der Waals surface area contributed by atoms with Crippen molar-refractivity contribution in [1.82, 2.24) is 0 Å². The van der Waals surface area contributed by atoms with E-state index in [4.69, 9.17) is 4.74 Å². The Bertz CT molecular complexity index is 617. The molecular weight excluding hydrogens is 308 g/mol. The fraction of sp³-hybridized carbons (Fsp3) is 0.600. The Hall–Kier alpha value is -0.880. The lowest BCUT2D eigenvalue weighted by atomic mass is 10.1. The molecule has 21 heavy (non-hydrogen) atoms. The molecule has 1 unspecified atom stereocenters. The predicted molar refractivity (Wildman–Crippen MR) is 84.8 cm³/mol. The van der Waals surface area contributed by atoms with Crippen LogP contribution in [0.25, 0.3) is 0 Å². The summed E-state index contributed by atoms with van der Waals surface area (Å²) in [5.41, 5.74) is 0.857. The first-order valence-electron chi connectivity index (χ1n) is 7.12. The monoisotopic (exact) mass is 330 g/mol. The fourth-order valence-corrected chi connectivity index (χ4v) is 5.14. The number of rotatable bonds is 6. The maximum atomic E-state index is 12.2. The molecule has 0 heterocycles. The van der Waals surface area contributed by atoms with Gasteiger partial charge in [-0.2, -0.15) is 0 Å². The standard InChI is InChI=1S/C15H22O4S2/c1-19-14-9-13(7-8-15(14)21(2,17)18)11-20(16)10-12-5-3-4-6-12/h7-9,12H,3-6,10-11H2,1-2H3. The zero-order chi connectivity index (χ0) is 15.5. The Morgan fingerprint density at radius 3 is 2.52 bits per heavy atom. The van der Waals surface area contributed by atoms with E-state index in [2.05, 4.69) is 0 Å². The van der Waals surface area contributed by atoms with Gasteiger partial charge in [-0.25, -0.2) is 8.42 Å². The van der Waals surface area contributed by atoms with Crippen LogP contribution < -0.4 is 4.74 Å². The maximum absolute atomic E-state index is 12.2. The van der Waals surface area contributed by atoms with Crippen LogP contribution in [-0.2, 0) is 26.4 Å². The topological polar surface area (TPSA) is 60.4 Å². The average Bonchev–Trinajstić information content (AvgIpc) is 2.89. The first-order valence-corrected chi connectivity index (χ1v) is 10.5. The molecule has 0 radical (unpaired) electrons. The molecule has 0 saturated heterocycles. The minimum atomic E-state index is -3.31. The highest BCUT2D eigenvalue weighted by atomic mass is 32.2. The summed E-state index contributed by atoms with van der Waals surface area (Å²) in [5, 5.41) is 0. The molecule has 1 saturated carbocycles. The van der Waals surface area contributed by atoms with E-state index in [1.54, 1.807) is 12.1 Å². The molecule has 4 nitrogen and oxygen atoms in total. The van der Waals surface area contributed by atoms with Crippen LogP contribution in [0.3, 0.4) is 0 Å². The van der Waals surface area contributed by atoms with Gasteiger partial charge in [0.1, 0.15) is 10.6 Å². The van der Waals surface area contributed by atoms with E-state index in [1.807, 2.05) is 0 Å². The van der Waals surface area contributed by atoms with Crippen LogP contribution in [-0.4, -0.2) is 31.7 Å². The first kappa shape index (κ1) is 16.5. The van der Waals surface area contributed by atoms with Crippen molar-refractivity contribution in [2.45, 2.75) is 36.3 Å². The molecule has 0 N–H and O–H groups in total. The van der Waals surface area contributed by atoms with Gasteiger partial charge in [-0.15, -0.1) is 0 Å².